The van der Waals surface area contributed by atoms with Crippen molar-refractivity contribution in [2.45, 2.75) is 44.4 Å². The fraction of sp³-hybridized carbons (Fsp3) is 0.565. The third kappa shape index (κ3) is 1.83. The van der Waals surface area contributed by atoms with Crippen molar-refractivity contribution in [3.63, 3.8) is 0 Å². The van der Waals surface area contributed by atoms with Gasteiger partial charge in [-0.2, -0.15) is 0 Å². The number of carbonyl (C=O) groups excluding carboxylic acids is 2. The molecule has 1 aliphatic heterocycles. The van der Waals surface area contributed by atoms with E-state index in [4.69, 9.17) is 0 Å². The largest absolute Gasteiger partial charge is 0.274 e. The van der Waals surface area contributed by atoms with Crippen molar-refractivity contribution in [1.29, 1.82) is 0 Å². The van der Waals surface area contributed by atoms with Gasteiger partial charge in [0, 0.05) is 8.07 Å². The van der Waals surface area contributed by atoms with Gasteiger partial charge in [0.25, 0.3) is 0 Å². The molecule has 0 aromatic heterocycles. The van der Waals surface area contributed by atoms with Crippen LogP contribution in [0.25, 0.3) is 0 Å². The molecule has 1 saturated heterocycles. The molecular weight excluding hydrogens is 350 g/mol. The Morgan fingerprint density at radius 1 is 0.815 bits per heavy atom. The van der Waals surface area contributed by atoms with E-state index < -0.39 is 8.07 Å². The molecule has 0 N–H and O–H groups in total. The average molecular weight is 378 g/mol. The Bertz CT molecular complexity index is 853. The third-order valence-corrected chi connectivity index (χ3v) is 11.0. The summed E-state index contributed by atoms with van der Waals surface area (Å²) >= 11 is 0. The van der Waals surface area contributed by atoms with Crippen molar-refractivity contribution in [2.24, 2.45) is 35.5 Å². The molecule has 3 fully saturated rings. The van der Waals surface area contributed by atoms with Crippen LogP contribution in [-0.4, -0.2) is 19.9 Å². The van der Waals surface area contributed by atoms with Crippen LogP contribution in [0.4, 0.5) is 5.69 Å². The molecule has 0 spiro atoms. The lowest BCUT2D eigenvalue weighted by Crippen LogP contribution is -2.39. The summed E-state index contributed by atoms with van der Waals surface area (Å²) in [5, 5.41) is 0. The van der Waals surface area contributed by atoms with Gasteiger partial charge in [-0.15, -0.1) is 0 Å². The van der Waals surface area contributed by atoms with Crippen molar-refractivity contribution in [3.05, 3.63) is 41.5 Å². The maximum Gasteiger partial charge on any atom is 0.238 e. The lowest BCUT2D eigenvalue weighted by Gasteiger charge is -2.34. The van der Waals surface area contributed by atoms with Gasteiger partial charge in [0.1, 0.15) is 0 Å². The highest BCUT2D eigenvalue weighted by Crippen LogP contribution is 2.74. The van der Waals surface area contributed by atoms with E-state index in [-0.39, 0.29) is 23.7 Å². The van der Waals surface area contributed by atoms with Crippen molar-refractivity contribution >= 4 is 25.6 Å². The van der Waals surface area contributed by atoms with Gasteiger partial charge < -0.3 is 0 Å². The molecular formula is C23H27NO2Si. The van der Waals surface area contributed by atoms with Gasteiger partial charge in [-0.05, 0) is 60.6 Å². The zero-order valence-corrected chi connectivity index (χ0v) is 17.3. The van der Waals surface area contributed by atoms with Crippen LogP contribution in [0.15, 0.2) is 41.5 Å². The van der Waals surface area contributed by atoms with Gasteiger partial charge in [-0.3, -0.25) is 14.5 Å². The number of hydrogen-bond acceptors (Lipinski definition) is 2. The maximum atomic E-state index is 13.6. The van der Waals surface area contributed by atoms with E-state index in [2.05, 4.69) is 19.6 Å². The SMILES string of the molecule is C[Si](C)(C)C1[C@H]2C3=C([C@H]4CC[C@H]3C4)[C@H]1[C@H]1C(=O)N(c3ccccc3)C(=O)[C@@H]12. The molecule has 3 nitrogen and oxygen atoms in total. The highest BCUT2D eigenvalue weighted by atomic mass is 28.3. The van der Waals surface area contributed by atoms with Crippen LogP contribution in [0.1, 0.15) is 19.3 Å². The molecule has 1 aromatic carbocycles. The van der Waals surface area contributed by atoms with E-state index >= 15 is 0 Å². The van der Waals surface area contributed by atoms with Gasteiger partial charge in [0.05, 0.1) is 17.5 Å². The maximum absolute atomic E-state index is 13.6. The van der Waals surface area contributed by atoms with Crippen LogP contribution in [0.5, 0.6) is 0 Å². The fourth-order valence-corrected chi connectivity index (χ4v) is 10.7. The van der Waals surface area contributed by atoms with Crippen LogP contribution in [0.3, 0.4) is 0 Å². The Labute approximate surface area is 161 Å². The predicted molar refractivity (Wildman–Crippen MR) is 108 cm³/mol. The number of hydrogen-bond donors (Lipinski definition) is 0. The molecule has 27 heavy (non-hydrogen) atoms. The molecule has 1 aromatic rings. The summed E-state index contributed by atoms with van der Waals surface area (Å²) in [6.45, 7) is 7.35. The summed E-state index contributed by atoms with van der Waals surface area (Å²) in [7, 11) is -1.48. The van der Waals surface area contributed by atoms with E-state index in [1.165, 1.54) is 24.2 Å². The molecule has 5 aliphatic rings. The zero-order chi connectivity index (χ0) is 18.7. The quantitative estimate of drug-likeness (QED) is 0.330. The van der Waals surface area contributed by atoms with Gasteiger partial charge in [0.2, 0.25) is 11.8 Å². The smallest absolute Gasteiger partial charge is 0.238 e. The average Bonchev–Trinajstić information content (AvgIpc) is 3.39. The van der Waals surface area contributed by atoms with Gasteiger partial charge in [-0.1, -0.05) is 49.0 Å². The minimum atomic E-state index is -1.48. The number of rotatable bonds is 2. The van der Waals surface area contributed by atoms with Gasteiger partial charge in [0.15, 0.2) is 0 Å². The summed E-state index contributed by atoms with van der Waals surface area (Å²) in [6, 6.07) is 9.58. The number of para-hydroxylation sites is 1. The number of carbonyl (C=O) groups is 2. The highest BCUT2D eigenvalue weighted by molar-refractivity contribution is 6.78. The Morgan fingerprint density at radius 3 is 1.81 bits per heavy atom. The van der Waals surface area contributed by atoms with Crippen molar-refractivity contribution in [3.8, 4) is 0 Å². The second-order valence-electron chi connectivity index (χ2n) is 10.5. The topological polar surface area (TPSA) is 37.4 Å². The normalized spacial score (nSPS) is 41.7. The Morgan fingerprint density at radius 2 is 1.33 bits per heavy atom. The van der Waals surface area contributed by atoms with Gasteiger partial charge in [-0.25, -0.2) is 0 Å². The lowest BCUT2D eigenvalue weighted by atomic mass is 9.72. The molecule has 0 unspecified atom stereocenters. The second-order valence-corrected chi connectivity index (χ2v) is 15.9. The van der Waals surface area contributed by atoms with E-state index in [0.29, 0.717) is 29.2 Å². The minimum absolute atomic E-state index is 0.0845. The van der Waals surface area contributed by atoms with Crippen LogP contribution < -0.4 is 4.90 Å². The van der Waals surface area contributed by atoms with Gasteiger partial charge >= 0.3 is 0 Å². The van der Waals surface area contributed by atoms with E-state index in [0.717, 1.165) is 5.69 Å². The van der Waals surface area contributed by atoms with E-state index in [1.54, 1.807) is 11.1 Å². The van der Waals surface area contributed by atoms with Crippen molar-refractivity contribution < 1.29 is 9.59 Å². The number of amides is 2. The Balaban J connectivity index is 1.49. The first-order valence-corrected chi connectivity index (χ1v) is 14.1. The van der Waals surface area contributed by atoms with E-state index in [9.17, 15) is 9.59 Å². The van der Waals surface area contributed by atoms with E-state index in [1.807, 2.05) is 30.3 Å². The molecule has 4 bridgehead atoms. The number of anilines is 1. The first-order chi connectivity index (χ1) is 12.9. The molecule has 4 heteroatoms. The first-order valence-electron chi connectivity index (χ1n) is 10.6. The minimum Gasteiger partial charge on any atom is -0.274 e. The van der Waals surface area contributed by atoms with Crippen molar-refractivity contribution in [2.75, 3.05) is 4.90 Å². The number of fused-ring (bicyclic) bond motifs is 11. The molecule has 140 valence electrons. The highest BCUT2D eigenvalue weighted by Gasteiger charge is 2.72. The number of nitrogens with zero attached hydrogens (tertiary/aromatic N) is 1. The monoisotopic (exact) mass is 377 g/mol. The molecule has 0 radical (unpaired) electrons. The number of imide groups is 1. The summed E-state index contributed by atoms with van der Waals surface area (Å²) < 4.78 is 0. The Kier molecular flexibility index (Phi) is 3.03. The third-order valence-electron chi connectivity index (χ3n) is 8.32. The lowest BCUT2D eigenvalue weighted by molar-refractivity contribution is -0.123. The fourth-order valence-electron chi connectivity index (χ4n) is 7.77. The number of allylic oxidation sites excluding steroid dienone is 2. The summed E-state index contributed by atoms with van der Waals surface area (Å²) in [5.41, 5.74) is 4.68. The van der Waals surface area contributed by atoms with Crippen LogP contribution in [0.2, 0.25) is 25.2 Å². The molecule has 2 saturated carbocycles. The molecule has 6 atom stereocenters. The summed E-state index contributed by atoms with van der Waals surface area (Å²) in [5.74, 6) is 2.16. The molecule has 6 rings (SSSR count). The number of benzene rings is 1. The van der Waals surface area contributed by atoms with Crippen LogP contribution in [-0.2, 0) is 9.59 Å². The molecule has 1 heterocycles. The summed E-state index contributed by atoms with van der Waals surface area (Å²) in [6.07, 6.45) is 3.93. The predicted octanol–water partition coefficient (Wildman–Crippen LogP) is 4.49. The van der Waals surface area contributed by atoms with Crippen LogP contribution in [0, 0.1) is 35.5 Å². The first kappa shape index (κ1) is 16.3. The van der Waals surface area contributed by atoms with Crippen LogP contribution >= 0.6 is 0 Å². The summed E-state index contributed by atoms with van der Waals surface area (Å²) in [4.78, 5) is 28.6. The zero-order valence-electron chi connectivity index (χ0n) is 16.3. The molecule has 4 aliphatic carbocycles. The molecule has 2 amide bonds. The Hall–Kier alpha value is -1.68. The standard InChI is InChI=1S/C23H27NO2Si/c1-27(2,3)21-17-15-12-9-10-13(11-12)16(15)18(21)20-19(17)22(25)24(23(20)26)14-7-5-4-6-8-14/h4-8,12-13,17-21H,9-11H2,1-3H3/t12-,13-,17-,18-,19+,20+/m0/s1. The second kappa shape index (κ2) is 5.02. The van der Waals surface area contributed by atoms with Crippen molar-refractivity contribution in [1.82, 2.24) is 0 Å².